The van der Waals surface area contributed by atoms with Gasteiger partial charge in [-0.15, -0.1) is 0 Å². The Morgan fingerprint density at radius 2 is 2.00 bits per heavy atom. The number of nitrogens with one attached hydrogen (secondary N) is 1. The fourth-order valence-electron chi connectivity index (χ4n) is 1.90. The van der Waals surface area contributed by atoms with Crippen LogP contribution in [0.1, 0.15) is 6.92 Å². The van der Waals surface area contributed by atoms with E-state index in [0.29, 0.717) is 0 Å². The zero-order valence-corrected chi connectivity index (χ0v) is 10.4. The highest BCUT2D eigenvalue weighted by molar-refractivity contribution is 5.88. The summed E-state index contributed by atoms with van der Waals surface area (Å²) in [5, 5.41) is 6.91. The number of imidazole rings is 1. The molecule has 5 nitrogen and oxygen atoms in total. The molecule has 0 unspecified atom stereocenters. The number of fused-ring (bicyclic) bond motifs is 1. The molecule has 5 heteroatoms. The molecule has 0 spiro atoms. The highest BCUT2D eigenvalue weighted by atomic mass is 16.1. The number of hydrogen-bond acceptors (Lipinski definition) is 3. The molecule has 0 saturated heterocycles. The average Bonchev–Trinajstić information content (AvgIpc) is 2.82. The molecule has 1 aromatic carbocycles. The summed E-state index contributed by atoms with van der Waals surface area (Å²) in [5.74, 6) is -0.0790. The smallest absolute Gasteiger partial charge is 0.221 e. The molecular formula is C14H12N4O. The van der Waals surface area contributed by atoms with Gasteiger partial charge in [-0.1, -0.05) is 12.1 Å². The molecule has 94 valence electrons. The lowest BCUT2D eigenvalue weighted by molar-refractivity contribution is -0.114. The van der Waals surface area contributed by atoms with E-state index in [9.17, 15) is 4.79 Å². The number of nitrogens with zero attached hydrogens (tertiary/aromatic N) is 3. The van der Waals surface area contributed by atoms with Gasteiger partial charge in [0.1, 0.15) is 0 Å². The highest BCUT2D eigenvalue weighted by Crippen LogP contribution is 2.20. The number of amides is 1. The van der Waals surface area contributed by atoms with Crippen LogP contribution in [0.15, 0.2) is 48.8 Å². The van der Waals surface area contributed by atoms with E-state index in [1.807, 2.05) is 42.6 Å². The van der Waals surface area contributed by atoms with Crippen LogP contribution in [0.3, 0.4) is 0 Å². The summed E-state index contributed by atoms with van der Waals surface area (Å²) in [5.41, 5.74) is 3.43. The molecule has 2 aromatic heterocycles. The van der Waals surface area contributed by atoms with Gasteiger partial charge in [-0.25, -0.2) is 9.50 Å². The first-order valence-corrected chi connectivity index (χ1v) is 5.91. The van der Waals surface area contributed by atoms with Crippen molar-refractivity contribution >= 4 is 17.2 Å². The number of aromatic nitrogens is 3. The minimum atomic E-state index is -0.0790. The number of benzene rings is 1. The Kier molecular flexibility index (Phi) is 2.72. The van der Waals surface area contributed by atoms with Gasteiger partial charge in [-0.2, -0.15) is 5.10 Å². The molecule has 0 radical (unpaired) electrons. The number of rotatable bonds is 2. The maximum atomic E-state index is 11.0. The van der Waals surface area contributed by atoms with Crippen molar-refractivity contribution in [2.45, 2.75) is 6.92 Å². The molecule has 0 saturated carbocycles. The molecule has 0 atom stereocenters. The van der Waals surface area contributed by atoms with Crippen molar-refractivity contribution in [2.75, 3.05) is 5.32 Å². The zero-order valence-electron chi connectivity index (χ0n) is 10.4. The third kappa shape index (κ3) is 2.30. The van der Waals surface area contributed by atoms with Crippen LogP contribution < -0.4 is 5.32 Å². The van der Waals surface area contributed by atoms with Gasteiger partial charge in [-0.3, -0.25) is 4.79 Å². The predicted octanol–water partition coefficient (Wildman–Crippen LogP) is 2.35. The molecule has 2 heterocycles. The van der Waals surface area contributed by atoms with Gasteiger partial charge in [-0.05, 0) is 24.3 Å². The second kappa shape index (κ2) is 4.53. The van der Waals surface area contributed by atoms with Crippen LogP contribution in [0.4, 0.5) is 5.69 Å². The Hall–Kier alpha value is -2.69. The van der Waals surface area contributed by atoms with E-state index in [0.717, 1.165) is 22.6 Å². The predicted molar refractivity (Wildman–Crippen MR) is 72.7 cm³/mol. The van der Waals surface area contributed by atoms with Gasteiger partial charge in [0, 0.05) is 24.4 Å². The lowest BCUT2D eigenvalue weighted by atomic mass is 10.1. The summed E-state index contributed by atoms with van der Waals surface area (Å²) in [6.07, 6.45) is 3.60. The average molecular weight is 252 g/mol. The Morgan fingerprint density at radius 3 is 2.68 bits per heavy atom. The standard InChI is InChI=1S/C14H12N4O/c1-10(19)16-12-6-4-11(5-7-12)13-9-18-14(17-13)3-2-8-15-18/h2-9H,1H3,(H,16,19). The van der Waals surface area contributed by atoms with Crippen molar-refractivity contribution in [3.05, 3.63) is 48.8 Å². The summed E-state index contributed by atoms with van der Waals surface area (Å²) in [7, 11) is 0. The van der Waals surface area contributed by atoms with E-state index in [1.165, 1.54) is 6.92 Å². The van der Waals surface area contributed by atoms with Crippen molar-refractivity contribution in [1.82, 2.24) is 14.6 Å². The molecule has 0 bridgehead atoms. The quantitative estimate of drug-likeness (QED) is 0.761. The van der Waals surface area contributed by atoms with Gasteiger partial charge in [0.15, 0.2) is 5.65 Å². The first kappa shape index (κ1) is 11.4. The van der Waals surface area contributed by atoms with Gasteiger partial charge in [0.25, 0.3) is 0 Å². The molecule has 0 fully saturated rings. The van der Waals surface area contributed by atoms with E-state index in [1.54, 1.807) is 10.7 Å². The minimum Gasteiger partial charge on any atom is -0.326 e. The fourth-order valence-corrected chi connectivity index (χ4v) is 1.90. The summed E-state index contributed by atoms with van der Waals surface area (Å²) >= 11 is 0. The lowest BCUT2D eigenvalue weighted by Gasteiger charge is -2.02. The van der Waals surface area contributed by atoms with Gasteiger partial charge < -0.3 is 5.32 Å². The van der Waals surface area contributed by atoms with Gasteiger partial charge >= 0.3 is 0 Å². The van der Waals surface area contributed by atoms with E-state index in [2.05, 4.69) is 15.4 Å². The Balaban J connectivity index is 1.95. The molecule has 0 aliphatic heterocycles. The molecule has 0 aliphatic rings. The van der Waals surface area contributed by atoms with Crippen molar-refractivity contribution in [3.8, 4) is 11.3 Å². The highest BCUT2D eigenvalue weighted by Gasteiger charge is 2.04. The van der Waals surface area contributed by atoms with Crippen molar-refractivity contribution in [1.29, 1.82) is 0 Å². The fraction of sp³-hybridized carbons (Fsp3) is 0.0714. The first-order valence-electron chi connectivity index (χ1n) is 5.91. The third-order valence-electron chi connectivity index (χ3n) is 2.74. The molecule has 1 N–H and O–H groups in total. The largest absolute Gasteiger partial charge is 0.326 e. The summed E-state index contributed by atoms with van der Waals surface area (Å²) in [6, 6.07) is 11.3. The molecule has 19 heavy (non-hydrogen) atoms. The van der Waals surface area contributed by atoms with Crippen LogP contribution >= 0.6 is 0 Å². The first-order chi connectivity index (χ1) is 9.22. The summed E-state index contributed by atoms with van der Waals surface area (Å²) in [6.45, 7) is 1.49. The van der Waals surface area contributed by atoms with Gasteiger partial charge in [0.2, 0.25) is 5.91 Å². The van der Waals surface area contributed by atoms with Crippen LogP contribution in [-0.4, -0.2) is 20.5 Å². The van der Waals surface area contributed by atoms with Crippen LogP contribution in [0.2, 0.25) is 0 Å². The lowest BCUT2D eigenvalue weighted by Crippen LogP contribution is -2.05. The maximum Gasteiger partial charge on any atom is 0.221 e. The van der Waals surface area contributed by atoms with E-state index in [-0.39, 0.29) is 5.91 Å². The second-order valence-corrected chi connectivity index (χ2v) is 4.21. The zero-order chi connectivity index (χ0) is 13.2. The van der Waals surface area contributed by atoms with E-state index >= 15 is 0 Å². The van der Waals surface area contributed by atoms with Crippen LogP contribution in [-0.2, 0) is 4.79 Å². The number of carbonyl (C=O) groups is 1. The second-order valence-electron chi connectivity index (χ2n) is 4.21. The van der Waals surface area contributed by atoms with Crippen LogP contribution in [0, 0.1) is 0 Å². The normalized spacial score (nSPS) is 10.6. The number of carbonyl (C=O) groups excluding carboxylic acids is 1. The molecule has 3 rings (SSSR count). The van der Waals surface area contributed by atoms with Crippen molar-refractivity contribution in [2.24, 2.45) is 0 Å². The summed E-state index contributed by atoms with van der Waals surface area (Å²) < 4.78 is 1.73. The van der Waals surface area contributed by atoms with Crippen LogP contribution in [0.25, 0.3) is 16.9 Å². The topological polar surface area (TPSA) is 59.3 Å². The molecular weight excluding hydrogens is 240 g/mol. The SMILES string of the molecule is CC(=O)Nc1ccc(-c2cn3ncccc3n2)cc1. The summed E-state index contributed by atoms with van der Waals surface area (Å²) in [4.78, 5) is 15.4. The van der Waals surface area contributed by atoms with Crippen molar-refractivity contribution in [3.63, 3.8) is 0 Å². The monoisotopic (exact) mass is 252 g/mol. The Labute approximate surface area is 109 Å². The Bertz CT molecular complexity index is 698. The minimum absolute atomic E-state index is 0.0790. The van der Waals surface area contributed by atoms with E-state index in [4.69, 9.17) is 0 Å². The maximum absolute atomic E-state index is 11.0. The number of anilines is 1. The molecule has 1 amide bonds. The van der Waals surface area contributed by atoms with Crippen molar-refractivity contribution < 1.29 is 4.79 Å². The van der Waals surface area contributed by atoms with Gasteiger partial charge in [0.05, 0.1) is 11.9 Å². The molecule has 0 aliphatic carbocycles. The van der Waals surface area contributed by atoms with Crippen LogP contribution in [0.5, 0.6) is 0 Å². The number of hydrogen-bond donors (Lipinski definition) is 1. The Morgan fingerprint density at radius 1 is 1.21 bits per heavy atom. The van der Waals surface area contributed by atoms with E-state index < -0.39 is 0 Å². The third-order valence-corrected chi connectivity index (χ3v) is 2.74. The molecule has 3 aromatic rings.